The number of benzene rings is 2. The molecule has 1 aliphatic rings. The highest BCUT2D eigenvalue weighted by atomic mass is 32.2. The first kappa shape index (κ1) is 20.6. The lowest BCUT2D eigenvalue weighted by Gasteiger charge is -2.21. The number of rotatable bonds is 6. The lowest BCUT2D eigenvalue weighted by atomic mass is 10.2. The zero-order valence-electron chi connectivity index (χ0n) is 16.0. The van der Waals surface area contributed by atoms with Gasteiger partial charge < -0.3 is 15.4 Å². The van der Waals surface area contributed by atoms with E-state index in [1.54, 1.807) is 6.07 Å². The molecule has 2 amide bonds. The molecule has 2 N–H and O–H groups in total. The van der Waals surface area contributed by atoms with Crippen molar-refractivity contribution in [2.24, 2.45) is 0 Å². The van der Waals surface area contributed by atoms with Crippen molar-refractivity contribution < 1.29 is 14.3 Å². The predicted octanol–water partition coefficient (Wildman–Crippen LogP) is 4.84. The van der Waals surface area contributed by atoms with Gasteiger partial charge in [0.15, 0.2) is 6.61 Å². The predicted molar refractivity (Wildman–Crippen MR) is 118 cm³/mol. The smallest absolute Gasteiger partial charge is 0.262 e. The van der Waals surface area contributed by atoms with E-state index in [1.165, 1.54) is 30.4 Å². The topological polar surface area (TPSA) is 67.4 Å². The van der Waals surface area contributed by atoms with Crippen LogP contribution in [0.3, 0.4) is 0 Å². The van der Waals surface area contributed by atoms with Gasteiger partial charge in [-0.1, -0.05) is 18.2 Å². The van der Waals surface area contributed by atoms with Crippen LogP contribution in [0.5, 0.6) is 5.75 Å². The van der Waals surface area contributed by atoms with E-state index >= 15 is 0 Å². The van der Waals surface area contributed by atoms with Crippen LogP contribution in [0.2, 0.25) is 0 Å². The summed E-state index contributed by atoms with van der Waals surface area (Å²) in [6, 6.07) is 13.4. The molecule has 0 saturated carbocycles. The van der Waals surface area contributed by atoms with E-state index in [2.05, 4.69) is 22.8 Å². The van der Waals surface area contributed by atoms with Gasteiger partial charge in [0.1, 0.15) is 5.75 Å². The Labute approximate surface area is 174 Å². The Morgan fingerprint density at radius 1 is 1.04 bits per heavy atom. The van der Waals surface area contributed by atoms with Crippen molar-refractivity contribution in [2.45, 2.75) is 24.9 Å². The van der Waals surface area contributed by atoms with Crippen LogP contribution in [0.1, 0.15) is 29.1 Å². The molecule has 3 rings (SSSR count). The summed E-state index contributed by atoms with van der Waals surface area (Å²) in [6.07, 6.45) is 1.27. The molecule has 28 heavy (non-hydrogen) atoms. The minimum Gasteiger partial charge on any atom is -0.484 e. The number of carbonyl (C=O) groups is 2. The van der Waals surface area contributed by atoms with Crippen LogP contribution in [0.4, 0.5) is 11.4 Å². The number of anilines is 2. The average molecular weight is 417 g/mol. The monoisotopic (exact) mass is 416 g/mol. The van der Waals surface area contributed by atoms with E-state index in [4.69, 9.17) is 4.74 Å². The van der Waals surface area contributed by atoms with Gasteiger partial charge >= 0.3 is 0 Å². The van der Waals surface area contributed by atoms with Gasteiger partial charge in [0.25, 0.3) is 5.91 Å². The first-order valence-corrected chi connectivity index (χ1v) is 11.2. The number of thioether (sulfide) groups is 2. The highest BCUT2D eigenvalue weighted by molar-refractivity contribution is 8.16. The highest BCUT2D eigenvalue weighted by Crippen LogP contribution is 2.43. The third kappa shape index (κ3) is 5.94. The molecule has 2 aromatic rings. The molecule has 1 fully saturated rings. The van der Waals surface area contributed by atoms with Gasteiger partial charge in [0, 0.05) is 6.92 Å². The summed E-state index contributed by atoms with van der Waals surface area (Å²) in [4.78, 5) is 23.6. The number of hydrogen-bond donors (Lipinski definition) is 2. The fourth-order valence-electron chi connectivity index (χ4n) is 2.80. The number of hydrogen-bond acceptors (Lipinski definition) is 5. The van der Waals surface area contributed by atoms with Crippen LogP contribution in [0, 0.1) is 6.92 Å². The van der Waals surface area contributed by atoms with Crippen molar-refractivity contribution in [2.75, 3.05) is 28.7 Å². The van der Waals surface area contributed by atoms with Crippen LogP contribution >= 0.6 is 23.5 Å². The molecule has 2 aromatic carbocycles. The molecule has 5 nitrogen and oxygen atoms in total. The van der Waals surface area contributed by atoms with E-state index in [1.807, 2.05) is 54.7 Å². The molecule has 0 bridgehead atoms. The minimum absolute atomic E-state index is 0.0975. The largest absolute Gasteiger partial charge is 0.484 e. The van der Waals surface area contributed by atoms with Gasteiger partial charge in [0.05, 0.1) is 16.0 Å². The molecule has 0 atom stereocenters. The third-order valence-electron chi connectivity index (χ3n) is 4.11. The highest BCUT2D eigenvalue weighted by Gasteiger charge is 2.16. The first-order valence-electron chi connectivity index (χ1n) is 9.15. The van der Waals surface area contributed by atoms with Crippen LogP contribution in [0.25, 0.3) is 0 Å². The Bertz CT molecular complexity index is 834. The number of ether oxygens (including phenoxy) is 1. The zero-order chi connectivity index (χ0) is 19.9. The van der Waals surface area contributed by atoms with Crippen molar-refractivity contribution in [3.63, 3.8) is 0 Å². The van der Waals surface area contributed by atoms with E-state index in [9.17, 15) is 9.59 Å². The second-order valence-corrected chi connectivity index (χ2v) is 9.29. The summed E-state index contributed by atoms with van der Waals surface area (Å²) in [6.45, 7) is 3.26. The Balaban J connectivity index is 1.55. The van der Waals surface area contributed by atoms with Gasteiger partial charge in [-0.15, -0.1) is 23.5 Å². The minimum atomic E-state index is -0.278. The lowest BCUT2D eigenvalue weighted by molar-refractivity contribution is -0.118. The Morgan fingerprint density at radius 3 is 2.43 bits per heavy atom. The molecule has 1 heterocycles. The van der Waals surface area contributed by atoms with E-state index < -0.39 is 0 Å². The van der Waals surface area contributed by atoms with Crippen molar-refractivity contribution >= 4 is 46.7 Å². The molecular formula is C21H24N2O3S2. The molecular weight excluding hydrogens is 392 g/mol. The van der Waals surface area contributed by atoms with Crippen LogP contribution < -0.4 is 15.4 Å². The zero-order valence-corrected chi connectivity index (χ0v) is 17.6. The van der Waals surface area contributed by atoms with E-state index in [0.717, 1.165) is 5.56 Å². The lowest BCUT2D eigenvalue weighted by Crippen LogP contribution is -2.21. The van der Waals surface area contributed by atoms with Crippen LogP contribution in [-0.4, -0.2) is 29.9 Å². The SMILES string of the molecule is CC(=O)Nc1ccc(C)cc1NC(=O)COc1ccc(C2SCCCS2)cc1. The Kier molecular flexibility index (Phi) is 7.28. The Morgan fingerprint density at radius 2 is 1.75 bits per heavy atom. The molecule has 0 unspecified atom stereocenters. The number of carbonyl (C=O) groups excluding carboxylic acids is 2. The standard InChI is InChI=1S/C21H24N2O3S2/c1-14-4-9-18(22-15(2)24)19(12-14)23-20(25)13-26-17-7-5-16(6-8-17)21-27-10-3-11-28-21/h4-9,12,21H,3,10-11,13H2,1-2H3,(H,22,24)(H,23,25). The average Bonchev–Trinajstić information content (AvgIpc) is 2.69. The van der Waals surface area contributed by atoms with E-state index in [-0.39, 0.29) is 18.4 Å². The summed E-state index contributed by atoms with van der Waals surface area (Å²) in [7, 11) is 0. The van der Waals surface area contributed by atoms with Gasteiger partial charge in [0.2, 0.25) is 5.91 Å². The third-order valence-corrected chi connectivity index (χ3v) is 7.12. The summed E-state index contributed by atoms with van der Waals surface area (Å²) < 4.78 is 6.11. The second kappa shape index (κ2) is 9.89. The molecule has 0 aliphatic carbocycles. The first-order chi connectivity index (χ1) is 13.5. The molecule has 0 spiro atoms. The molecule has 148 valence electrons. The molecule has 1 saturated heterocycles. The van der Waals surface area contributed by atoms with Crippen molar-refractivity contribution in [3.8, 4) is 5.75 Å². The van der Waals surface area contributed by atoms with Crippen LogP contribution in [0.15, 0.2) is 42.5 Å². The normalized spacial score (nSPS) is 14.4. The summed E-state index contributed by atoms with van der Waals surface area (Å²) in [5.41, 5.74) is 3.40. The quantitative estimate of drug-likeness (QED) is 0.705. The summed E-state index contributed by atoms with van der Waals surface area (Å²) >= 11 is 3.95. The molecule has 7 heteroatoms. The maximum absolute atomic E-state index is 12.3. The van der Waals surface area contributed by atoms with Crippen LogP contribution in [-0.2, 0) is 9.59 Å². The van der Waals surface area contributed by atoms with E-state index in [0.29, 0.717) is 21.7 Å². The van der Waals surface area contributed by atoms with Gasteiger partial charge in [-0.05, 0) is 60.2 Å². The fraction of sp³-hybridized carbons (Fsp3) is 0.333. The number of aryl methyl sites for hydroxylation is 1. The molecule has 0 radical (unpaired) electrons. The number of amides is 2. The molecule has 1 aliphatic heterocycles. The van der Waals surface area contributed by atoms with Gasteiger partial charge in [-0.25, -0.2) is 0 Å². The second-order valence-electron chi connectivity index (χ2n) is 6.56. The maximum atomic E-state index is 12.3. The summed E-state index contributed by atoms with van der Waals surface area (Å²) in [5, 5.41) is 5.52. The molecule has 0 aromatic heterocycles. The maximum Gasteiger partial charge on any atom is 0.262 e. The van der Waals surface area contributed by atoms with Gasteiger partial charge in [-0.3, -0.25) is 9.59 Å². The van der Waals surface area contributed by atoms with Crippen molar-refractivity contribution in [1.29, 1.82) is 0 Å². The van der Waals surface area contributed by atoms with Crippen molar-refractivity contribution in [1.82, 2.24) is 0 Å². The Hall–Kier alpha value is -2.12. The summed E-state index contributed by atoms with van der Waals surface area (Å²) in [5.74, 6) is 2.60. The number of nitrogens with one attached hydrogen (secondary N) is 2. The van der Waals surface area contributed by atoms with Gasteiger partial charge in [-0.2, -0.15) is 0 Å². The van der Waals surface area contributed by atoms with Crippen molar-refractivity contribution in [3.05, 3.63) is 53.6 Å². The fourth-order valence-corrected chi connectivity index (χ4v) is 5.69.